The Kier molecular flexibility index (Phi) is 2.58. The highest BCUT2D eigenvalue weighted by Gasteiger charge is 2.22. The van der Waals surface area contributed by atoms with Crippen molar-refractivity contribution in [3.8, 4) is 0 Å². The molecule has 0 aliphatic heterocycles. The van der Waals surface area contributed by atoms with Crippen molar-refractivity contribution < 1.29 is 0 Å². The van der Waals surface area contributed by atoms with E-state index in [1.807, 2.05) is 0 Å². The molecule has 11 heavy (non-hydrogen) atoms. The van der Waals surface area contributed by atoms with Crippen LogP contribution in [-0.2, 0) is 0 Å². The molecule has 0 aromatic heterocycles. The first-order chi connectivity index (χ1) is 5.16. The largest absolute Gasteiger partial charge is 0.378 e. The van der Waals surface area contributed by atoms with Crippen molar-refractivity contribution in [2.45, 2.75) is 33.6 Å². The Morgan fingerprint density at radius 3 is 2.55 bits per heavy atom. The first kappa shape index (κ1) is 8.63. The third kappa shape index (κ3) is 1.58. The zero-order valence-electron chi connectivity index (χ0n) is 8.15. The van der Waals surface area contributed by atoms with Gasteiger partial charge in [0.2, 0.25) is 0 Å². The molecule has 0 spiro atoms. The van der Waals surface area contributed by atoms with Crippen LogP contribution in [0.4, 0.5) is 0 Å². The van der Waals surface area contributed by atoms with Gasteiger partial charge in [-0.05, 0) is 38.2 Å². The Hall–Kier alpha value is -0.460. The van der Waals surface area contributed by atoms with Gasteiger partial charge in [-0.2, -0.15) is 0 Å². The molecular formula is C10H19N. The molecule has 64 valence electrons. The van der Waals surface area contributed by atoms with Crippen LogP contribution in [0.1, 0.15) is 33.6 Å². The van der Waals surface area contributed by atoms with E-state index in [1.54, 1.807) is 5.57 Å². The van der Waals surface area contributed by atoms with Gasteiger partial charge in [0.1, 0.15) is 0 Å². The highest BCUT2D eigenvalue weighted by Crippen LogP contribution is 2.35. The summed E-state index contributed by atoms with van der Waals surface area (Å²) >= 11 is 0. The molecule has 0 saturated heterocycles. The average Bonchev–Trinajstić information content (AvgIpc) is 2.00. The van der Waals surface area contributed by atoms with E-state index in [1.165, 1.54) is 18.5 Å². The van der Waals surface area contributed by atoms with Crippen molar-refractivity contribution >= 4 is 0 Å². The summed E-state index contributed by atoms with van der Waals surface area (Å²) in [5.74, 6) is 0.851. The summed E-state index contributed by atoms with van der Waals surface area (Å²) in [5.41, 5.74) is 3.18. The summed E-state index contributed by atoms with van der Waals surface area (Å²) in [6.45, 7) is 7.90. The number of hydrogen-bond acceptors (Lipinski definition) is 1. The molecule has 0 N–H and O–H groups in total. The smallest absolute Gasteiger partial charge is 0.0143 e. The molecule has 1 aliphatic carbocycles. The van der Waals surface area contributed by atoms with Crippen LogP contribution >= 0.6 is 0 Å². The number of rotatable bonds is 2. The zero-order chi connectivity index (χ0) is 8.43. The van der Waals surface area contributed by atoms with Gasteiger partial charge < -0.3 is 4.90 Å². The van der Waals surface area contributed by atoms with Crippen LogP contribution in [-0.4, -0.2) is 18.5 Å². The maximum atomic E-state index is 2.34. The second-order valence-corrected chi connectivity index (χ2v) is 3.56. The Morgan fingerprint density at radius 1 is 1.64 bits per heavy atom. The Morgan fingerprint density at radius 2 is 2.27 bits per heavy atom. The quantitative estimate of drug-likeness (QED) is 0.589. The van der Waals surface area contributed by atoms with Crippen molar-refractivity contribution in [3.05, 3.63) is 11.3 Å². The fourth-order valence-corrected chi connectivity index (χ4v) is 1.60. The maximum Gasteiger partial charge on any atom is 0.0143 e. The molecule has 1 nitrogen and oxygen atoms in total. The van der Waals surface area contributed by atoms with Gasteiger partial charge in [0.15, 0.2) is 0 Å². The highest BCUT2D eigenvalue weighted by molar-refractivity contribution is 5.19. The molecule has 1 heteroatoms. The van der Waals surface area contributed by atoms with Crippen molar-refractivity contribution in [3.63, 3.8) is 0 Å². The van der Waals surface area contributed by atoms with Gasteiger partial charge in [0.25, 0.3) is 0 Å². The molecule has 0 amide bonds. The molecule has 1 aliphatic rings. The fraction of sp³-hybridized carbons (Fsp3) is 0.800. The molecule has 0 radical (unpaired) electrons. The second-order valence-electron chi connectivity index (χ2n) is 3.56. The van der Waals surface area contributed by atoms with E-state index >= 15 is 0 Å². The van der Waals surface area contributed by atoms with Gasteiger partial charge in [0, 0.05) is 19.3 Å². The van der Waals surface area contributed by atoms with Crippen LogP contribution in [0.15, 0.2) is 11.3 Å². The van der Waals surface area contributed by atoms with Gasteiger partial charge in [-0.25, -0.2) is 0 Å². The van der Waals surface area contributed by atoms with Crippen molar-refractivity contribution in [1.82, 2.24) is 4.90 Å². The summed E-state index contributed by atoms with van der Waals surface area (Å²) < 4.78 is 0. The average molecular weight is 153 g/mol. The van der Waals surface area contributed by atoms with E-state index in [9.17, 15) is 0 Å². The molecule has 0 aromatic carbocycles. The molecule has 1 saturated carbocycles. The van der Waals surface area contributed by atoms with Crippen LogP contribution in [0.2, 0.25) is 0 Å². The number of hydrogen-bond donors (Lipinski definition) is 0. The first-order valence-electron chi connectivity index (χ1n) is 4.57. The second kappa shape index (κ2) is 3.29. The summed E-state index contributed by atoms with van der Waals surface area (Å²) in [6.07, 6.45) is 2.72. The lowest BCUT2D eigenvalue weighted by Crippen LogP contribution is -2.23. The summed E-state index contributed by atoms with van der Waals surface area (Å²) in [7, 11) is 2.17. The molecule has 1 fully saturated rings. The lowest BCUT2D eigenvalue weighted by Gasteiger charge is -2.32. The lowest BCUT2D eigenvalue weighted by atomic mass is 9.79. The maximum absolute atomic E-state index is 2.34. The zero-order valence-corrected chi connectivity index (χ0v) is 8.15. The Bertz CT molecular complexity index is 170. The Balaban J connectivity index is 2.63. The third-order valence-corrected chi connectivity index (χ3v) is 2.95. The minimum absolute atomic E-state index is 0.851. The van der Waals surface area contributed by atoms with E-state index in [2.05, 4.69) is 32.7 Å². The SMILES string of the molecule is CCN(C)/C(C)=C1\CC[C@H]1C. The number of allylic oxidation sites excluding steroid dienone is 2. The highest BCUT2D eigenvalue weighted by atomic mass is 15.1. The van der Waals surface area contributed by atoms with Crippen LogP contribution in [0, 0.1) is 5.92 Å². The van der Waals surface area contributed by atoms with Crippen LogP contribution in [0.5, 0.6) is 0 Å². The van der Waals surface area contributed by atoms with Crippen LogP contribution in [0.25, 0.3) is 0 Å². The minimum atomic E-state index is 0.851. The van der Waals surface area contributed by atoms with Crippen LogP contribution < -0.4 is 0 Å². The fourth-order valence-electron chi connectivity index (χ4n) is 1.60. The van der Waals surface area contributed by atoms with Gasteiger partial charge >= 0.3 is 0 Å². The monoisotopic (exact) mass is 153 g/mol. The lowest BCUT2D eigenvalue weighted by molar-refractivity contribution is 0.391. The summed E-state index contributed by atoms with van der Waals surface area (Å²) in [6, 6.07) is 0. The van der Waals surface area contributed by atoms with E-state index in [0.717, 1.165) is 12.5 Å². The first-order valence-corrected chi connectivity index (χ1v) is 4.57. The predicted octanol–water partition coefficient (Wildman–Crippen LogP) is 2.64. The van der Waals surface area contributed by atoms with E-state index in [4.69, 9.17) is 0 Å². The van der Waals surface area contributed by atoms with Crippen LogP contribution in [0.3, 0.4) is 0 Å². The van der Waals surface area contributed by atoms with Crippen molar-refractivity contribution in [2.24, 2.45) is 5.92 Å². The topological polar surface area (TPSA) is 3.24 Å². The van der Waals surface area contributed by atoms with Gasteiger partial charge in [0.05, 0.1) is 0 Å². The summed E-state index contributed by atoms with van der Waals surface area (Å²) in [4.78, 5) is 2.34. The molecular weight excluding hydrogens is 134 g/mol. The molecule has 1 rings (SSSR count). The molecule has 0 bridgehead atoms. The summed E-state index contributed by atoms with van der Waals surface area (Å²) in [5, 5.41) is 0. The normalized spacial score (nSPS) is 27.8. The van der Waals surface area contributed by atoms with Gasteiger partial charge in [-0.15, -0.1) is 0 Å². The minimum Gasteiger partial charge on any atom is -0.378 e. The van der Waals surface area contributed by atoms with Crippen molar-refractivity contribution in [1.29, 1.82) is 0 Å². The van der Waals surface area contributed by atoms with Gasteiger partial charge in [-0.3, -0.25) is 0 Å². The van der Waals surface area contributed by atoms with Crippen molar-refractivity contribution in [2.75, 3.05) is 13.6 Å². The number of nitrogens with zero attached hydrogens (tertiary/aromatic N) is 1. The van der Waals surface area contributed by atoms with E-state index in [-0.39, 0.29) is 0 Å². The van der Waals surface area contributed by atoms with E-state index in [0.29, 0.717) is 0 Å². The van der Waals surface area contributed by atoms with E-state index < -0.39 is 0 Å². The molecule has 0 unspecified atom stereocenters. The van der Waals surface area contributed by atoms with Gasteiger partial charge in [-0.1, -0.05) is 6.92 Å². The molecule has 0 heterocycles. The third-order valence-electron chi connectivity index (χ3n) is 2.95. The predicted molar refractivity (Wildman–Crippen MR) is 49.4 cm³/mol. The molecule has 1 atom stereocenters. The standard InChI is InChI=1S/C10H19N/c1-5-11(4)9(3)10-7-6-8(10)2/h8H,5-7H2,1-4H3/b10-9+/t8-/m1/s1. The molecule has 0 aromatic rings. The Labute approximate surface area is 70.1 Å².